The fraction of sp³-hybridized carbons (Fsp3) is 0.692. The summed E-state index contributed by atoms with van der Waals surface area (Å²) in [7, 11) is 0. The number of aliphatic hydroxyl groups excluding tert-OH is 2. The Labute approximate surface area is 193 Å². The molecule has 4 unspecified atom stereocenters. The maximum Gasteiger partial charge on any atom is 0.174 e. The Morgan fingerprint density at radius 2 is 2.00 bits per heavy atom. The van der Waals surface area contributed by atoms with Gasteiger partial charge in [-0.05, 0) is 57.1 Å². The molecule has 0 amide bonds. The van der Waals surface area contributed by atoms with E-state index in [1.165, 1.54) is 12.8 Å². The highest BCUT2D eigenvalue weighted by molar-refractivity contribution is 5.91. The van der Waals surface area contributed by atoms with Gasteiger partial charge >= 0.3 is 0 Å². The molecule has 1 aromatic rings. The summed E-state index contributed by atoms with van der Waals surface area (Å²) in [5.74, 6) is 1.06. The van der Waals surface area contributed by atoms with Crippen LogP contribution in [0.2, 0.25) is 0 Å². The molecule has 6 rings (SSSR count). The number of hydrogen-bond acceptors (Lipinski definition) is 7. The normalized spacial score (nSPS) is 34.7. The molecule has 0 radical (unpaired) electrons. The van der Waals surface area contributed by atoms with Crippen molar-refractivity contribution in [3.63, 3.8) is 0 Å². The van der Waals surface area contributed by atoms with Crippen LogP contribution < -0.4 is 4.74 Å². The number of likely N-dealkylation sites (tertiary alicyclic amines) is 1. The monoisotopic (exact) mass is 455 g/mol. The number of ether oxygens (including phenoxy) is 1. The molecule has 3 N–H and O–H groups in total. The number of aliphatic hydroxyl groups is 3. The van der Waals surface area contributed by atoms with Gasteiger partial charge in [-0.3, -0.25) is 14.5 Å². The standard InChI is InChI=1S/C26H33NO6/c1-24(13-28,14-29)20(31)11-17-5-4-16-10-19-26(32)7-6-18(30)23-25(26,21(16)22(17)33-23)8-9-27(19)12-15-2-3-15/h4-5,15,19,23,28-29,32H,2-3,6-14H2,1H3. The molecule has 1 spiro atoms. The summed E-state index contributed by atoms with van der Waals surface area (Å²) < 4.78 is 6.39. The lowest BCUT2D eigenvalue weighted by Crippen LogP contribution is -2.76. The number of carbonyl (C=O) groups is 2. The number of rotatable bonds is 7. The second kappa shape index (κ2) is 7.11. The van der Waals surface area contributed by atoms with E-state index in [0.29, 0.717) is 30.6 Å². The van der Waals surface area contributed by atoms with Gasteiger partial charge in [-0.25, -0.2) is 0 Å². The second-order valence-electron chi connectivity index (χ2n) is 11.3. The first kappa shape index (κ1) is 21.7. The highest BCUT2D eigenvalue weighted by Gasteiger charge is 2.73. The van der Waals surface area contributed by atoms with E-state index in [9.17, 15) is 24.9 Å². The van der Waals surface area contributed by atoms with E-state index in [1.807, 2.05) is 12.1 Å². The van der Waals surface area contributed by atoms with Crippen molar-refractivity contribution >= 4 is 11.6 Å². The summed E-state index contributed by atoms with van der Waals surface area (Å²) in [6, 6.07) is 3.91. The first-order valence-corrected chi connectivity index (χ1v) is 12.3. The van der Waals surface area contributed by atoms with Crippen LogP contribution in [-0.4, -0.2) is 75.8 Å². The van der Waals surface area contributed by atoms with E-state index in [4.69, 9.17) is 4.74 Å². The van der Waals surface area contributed by atoms with Crippen molar-refractivity contribution in [2.24, 2.45) is 11.3 Å². The third-order valence-corrected chi connectivity index (χ3v) is 9.38. The topological polar surface area (TPSA) is 107 Å². The summed E-state index contributed by atoms with van der Waals surface area (Å²) >= 11 is 0. The zero-order chi connectivity index (χ0) is 23.2. The summed E-state index contributed by atoms with van der Waals surface area (Å²) in [6.07, 6.45) is 3.96. The maximum atomic E-state index is 13.1. The highest BCUT2D eigenvalue weighted by Crippen LogP contribution is 2.64. The Balaban J connectivity index is 1.45. The van der Waals surface area contributed by atoms with Gasteiger partial charge in [0.15, 0.2) is 11.9 Å². The summed E-state index contributed by atoms with van der Waals surface area (Å²) in [4.78, 5) is 28.6. The molecule has 3 fully saturated rings. The molecule has 7 heteroatoms. The highest BCUT2D eigenvalue weighted by atomic mass is 16.5. The minimum absolute atomic E-state index is 0.00683. The van der Waals surface area contributed by atoms with Crippen LogP contribution in [0, 0.1) is 11.3 Å². The predicted molar refractivity (Wildman–Crippen MR) is 119 cm³/mol. The number of Topliss-reactive ketones (excluding diaryl/α,β-unsaturated/α-hetero) is 2. The van der Waals surface area contributed by atoms with Gasteiger partial charge in [0.05, 0.1) is 29.6 Å². The third kappa shape index (κ3) is 2.76. The zero-order valence-corrected chi connectivity index (χ0v) is 19.2. The van der Waals surface area contributed by atoms with Crippen molar-refractivity contribution in [2.75, 3.05) is 26.3 Å². The fourth-order valence-corrected chi connectivity index (χ4v) is 7.08. The van der Waals surface area contributed by atoms with Gasteiger partial charge in [-0.15, -0.1) is 0 Å². The van der Waals surface area contributed by atoms with Crippen molar-refractivity contribution in [1.29, 1.82) is 0 Å². The van der Waals surface area contributed by atoms with Gasteiger partial charge in [0, 0.05) is 36.6 Å². The van der Waals surface area contributed by atoms with Crippen molar-refractivity contribution in [3.05, 3.63) is 28.8 Å². The molecule has 2 bridgehead atoms. The minimum Gasteiger partial charge on any atom is -0.481 e. The predicted octanol–water partition coefficient (Wildman–Crippen LogP) is 0.922. The van der Waals surface area contributed by atoms with Crippen LogP contribution in [0.5, 0.6) is 5.75 Å². The Kier molecular flexibility index (Phi) is 4.68. The van der Waals surface area contributed by atoms with Crippen LogP contribution in [0.1, 0.15) is 55.7 Å². The molecule has 2 saturated carbocycles. The van der Waals surface area contributed by atoms with E-state index in [0.717, 1.165) is 36.6 Å². The fourth-order valence-electron chi connectivity index (χ4n) is 7.08. The molecule has 0 aromatic heterocycles. The van der Waals surface area contributed by atoms with Crippen molar-refractivity contribution < 1.29 is 29.6 Å². The van der Waals surface area contributed by atoms with Gasteiger partial charge in [0.2, 0.25) is 0 Å². The molecule has 5 aliphatic rings. The Hall–Kier alpha value is -1.80. The first-order chi connectivity index (χ1) is 15.8. The molecule has 7 nitrogen and oxygen atoms in total. The van der Waals surface area contributed by atoms with E-state index >= 15 is 0 Å². The Morgan fingerprint density at radius 3 is 2.70 bits per heavy atom. The Morgan fingerprint density at radius 1 is 1.24 bits per heavy atom. The average molecular weight is 456 g/mol. The van der Waals surface area contributed by atoms with E-state index in [-0.39, 0.29) is 24.0 Å². The maximum absolute atomic E-state index is 13.1. The van der Waals surface area contributed by atoms with Crippen molar-refractivity contribution in [3.8, 4) is 5.75 Å². The first-order valence-electron chi connectivity index (χ1n) is 12.3. The number of carbonyl (C=O) groups excluding carboxylic acids is 2. The van der Waals surface area contributed by atoms with Crippen LogP contribution in [0.15, 0.2) is 12.1 Å². The van der Waals surface area contributed by atoms with Crippen LogP contribution in [0.3, 0.4) is 0 Å². The second-order valence-corrected chi connectivity index (χ2v) is 11.3. The zero-order valence-electron chi connectivity index (χ0n) is 19.2. The number of benzene rings is 1. The van der Waals surface area contributed by atoms with Crippen molar-refractivity contribution in [2.45, 2.75) is 75.0 Å². The largest absolute Gasteiger partial charge is 0.481 e. The summed E-state index contributed by atoms with van der Waals surface area (Å²) in [6.45, 7) is 2.53. The molecular weight excluding hydrogens is 422 g/mol. The lowest BCUT2D eigenvalue weighted by Gasteiger charge is -2.62. The molecule has 4 atom stereocenters. The van der Waals surface area contributed by atoms with E-state index < -0.39 is 35.7 Å². The van der Waals surface area contributed by atoms with Gasteiger partial charge in [-0.1, -0.05) is 12.1 Å². The molecule has 1 aromatic carbocycles. The molecule has 1 saturated heterocycles. The lowest BCUT2D eigenvalue weighted by molar-refractivity contribution is -0.188. The van der Waals surface area contributed by atoms with Crippen LogP contribution in [-0.2, 0) is 27.8 Å². The molecule has 33 heavy (non-hydrogen) atoms. The quantitative estimate of drug-likeness (QED) is 0.561. The van der Waals surface area contributed by atoms with Crippen LogP contribution in [0.4, 0.5) is 0 Å². The van der Waals surface area contributed by atoms with Crippen molar-refractivity contribution in [1.82, 2.24) is 4.90 Å². The number of nitrogens with zero attached hydrogens (tertiary/aromatic N) is 1. The van der Waals surface area contributed by atoms with Crippen LogP contribution >= 0.6 is 0 Å². The van der Waals surface area contributed by atoms with Gasteiger partial charge in [-0.2, -0.15) is 0 Å². The van der Waals surface area contributed by atoms with Gasteiger partial charge < -0.3 is 20.1 Å². The SMILES string of the molecule is CC(CO)(CO)C(=O)Cc1ccc2c3c1OC1C(=O)CCC4(O)C(C2)N(CC2CC2)CCC314. The van der Waals surface area contributed by atoms with Gasteiger partial charge in [0.1, 0.15) is 11.5 Å². The summed E-state index contributed by atoms with van der Waals surface area (Å²) in [5.41, 5.74) is -0.297. The van der Waals surface area contributed by atoms with E-state index in [1.54, 1.807) is 6.92 Å². The molecule has 3 aliphatic carbocycles. The number of hydrogen-bond donors (Lipinski definition) is 3. The third-order valence-electron chi connectivity index (χ3n) is 9.38. The minimum atomic E-state index is -1.23. The number of piperidine rings is 1. The molecule has 178 valence electrons. The average Bonchev–Trinajstić information content (AvgIpc) is 3.55. The summed E-state index contributed by atoms with van der Waals surface area (Å²) in [5, 5.41) is 31.6. The molecule has 2 heterocycles. The van der Waals surface area contributed by atoms with Gasteiger partial charge in [0.25, 0.3) is 0 Å². The van der Waals surface area contributed by atoms with Crippen LogP contribution in [0.25, 0.3) is 0 Å². The number of ketones is 2. The Bertz CT molecular complexity index is 1030. The smallest absolute Gasteiger partial charge is 0.174 e. The lowest BCUT2D eigenvalue weighted by atomic mass is 9.49. The van der Waals surface area contributed by atoms with E-state index in [2.05, 4.69) is 4.90 Å². The molecular formula is C26H33NO6. The molecule has 2 aliphatic heterocycles.